The zero-order valence-corrected chi connectivity index (χ0v) is 10.7. The molecule has 0 amide bonds. The Bertz CT molecular complexity index is 262. The number of allylic oxidation sites excluding steroid dienone is 1. The molecule has 1 aliphatic carbocycles. The van der Waals surface area contributed by atoms with E-state index in [4.69, 9.17) is 15.3 Å². The number of rotatable bonds is 6. The molecule has 0 aromatic heterocycles. The molecule has 0 aromatic rings. The summed E-state index contributed by atoms with van der Waals surface area (Å²) in [4.78, 5) is 0. The van der Waals surface area contributed by atoms with Crippen LogP contribution in [0.3, 0.4) is 0 Å². The molecule has 0 saturated heterocycles. The maximum absolute atomic E-state index is 5.66. The van der Waals surface area contributed by atoms with Crippen molar-refractivity contribution in [1.82, 2.24) is 5.43 Å². The second-order valence-corrected chi connectivity index (χ2v) is 4.97. The van der Waals surface area contributed by atoms with Crippen LogP contribution in [0.1, 0.15) is 39.0 Å². The fourth-order valence-corrected chi connectivity index (χ4v) is 2.66. The van der Waals surface area contributed by atoms with E-state index in [1.807, 2.05) is 0 Å². The number of nitrogens with two attached hydrogens (primary N) is 1. The van der Waals surface area contributed by atoms with Crippen molar-refractivity contribution in [2.75, 3.05) is 13.2 Å². The van der Waals surface area contributed by atoms with E-state index in [-0.39, 0.29) is 6.04 Å². The SMILES string of the molecule is CCOC1CC(CC(NN)C2=CCCCO2)C1. The Labute approximate surface area is 104 Å². The second-order valence-electron chi connectivity index (χ2n) is 4.97. The molecule has 2 aliphatic rings. The Morgan fingerprint density at radius 1 is 1.59 bits per heavy atom. The van der Waals surface area contributed by atoms with Crippen LogP contribution in [0.4, 0.5) is 0 Å². The predicted molar refractivity (Wildman–Crippen MR) is 67.1 cm³/mol. The summed E-state index contributed by atoms with van der Waals surface area (Å²) in [6.45, 7) is 3.71. The Morgan fingerprint density at radius 2 is 2.41 bits per heavy atom. The minimum atomic E-state index is 0.183. The summed E-state index contributed by atoms with van der Waals surface area (Å²) in [6, 6.07) is 0.183. The highest BCUT2D eigenvalue weighted by molar-refractivity contribution is 5.06. The van der Waals surface area contributed by atoms with Gasteiger partial charge in [0.1, 0.15) is 5.76 Å². The quantitative estimate of drug-likeness (QED) is 0.548. The molecule has 17 heavy (non-hydrogen) atoms. The smallest absolute Gasteiger partial charge is 0.110 e. The fourth-order valence-electron chi connectivity index (χ4n) is 2.66. The third-order valence-corrected chi connectivity index (χ3v) is 3.67. The van der Waals surface area contributed by atoms with E-state index in [0.29, 0.717) is 6.10 Å². The highest BCUT2D eigenvalue weighted by Crippen LogP contribution is 2.35. The first-order valence-electron chi connectivity index (χ1n) is 6.74. The molecule has 2 rings (SSSR count). The lowest BCUT2D eigenvalue weighted by atomic mass is 9.78. The van der Waals surface area contributed by atoms with E-state index < -0.39 is 0 Å². The van der Waals surface area contributed by atoms with Gasteiger partial charge in [-0.1, -0.05) is 0 Å². The van der Waals surface area contributed by atoms with Crippen molar-refractivity contribution in [1.29, 1.82) is 0 Å². The average Bonchev–Trinajstić information content (AvgIpc) is 2.33. The molecule has 1 atom stereocenters. The summed E-state index contributed by atoms with van der Waals surface area (Å²) < 4.78 is 11.2. The van der Waals surface area contributed by atoms with Crippen LogP contribution in [-0.2, 0) is 9.47 Å². The molecule has 0 bridgehead atoms. The van der Waals surface area contributed by atoms with Gasteiger partial charge < -0.3 is 9.47 Å². The Balaban J connectivity index is 1.75. The minimum Gasteiger partial charge on any atom is -0.497 e. The highest BCUT2D eigenvalue weighted by Gasteiger charge is 2.32. The van der Waals surface area contributed by atoms with Crippen molar-refractivity contribution in [3.63, 3.8) is 0 Å². The Kier molecular flexibility index (Phi) is 4.83. The van der Waals surface area contributed by atoms with Crippen LogP contribution < -0.4 is 11.3 Å². The maximum atomic E-state index is 5.66. The van der Waals surface area contributed by atoms with Gasteiger partial charge in [-0.15, -0.1) is 0 Å². The summed E-state index contributed by atoms with van der Waals surface area (Å²) in [7, 11) is 0. The first-order chi connectivity index (χ1) is 8.33. The monoisotopic (exact) mass is 240 g/mol. The number of ether oxygens (including phenoxy) is 2. The van der Waals surface area contributed by atoms with Gasteiger partial charge in [-0.05, 0) is 51.0 Å². The van der Waals surface area contributed by atoms with Gasteiger partial charge in [0.15, 0.2) is 0 Å². The Hall–Kier alpha value is -0.580. The molecule has 0 spiro atoms. The van der Waals surface area contributed by atoms with Crippen molar-refractivity contribution < 1.29 is 9.47 Å². The van der Waals surface area contributed by atoms with Gasteiger partial charge in [0.05, 0.1) is 18.8 Å². The molecule has 4 nitrogen and oxygen atoms in total. The topological polar surface area (TPSA) is 56.5 Å². The lowest BCUT2D eigenvalue weighted by Gasteiger charge is -2.37. The van der Waals surface area contributed by atoms with Gasteiger partial charge in [0.25, 0.3) is 0 Å². The molecule has 4 heteroatoms. The van der Waals surface area contributed by atoms with Gasteiger partial charge in [0, 0.05) is 6.61 Å². The molecule has 1 heterocycles. The van der Waals surface area contributed by atoms with E-state index in [0.717, 1.165) is 44.2 Å². The van der Waals surface area contributed by atoms with Gasteiger partial charge in [-0.3, -0.25) is 5.84 Å². The first-order valence-corrected chi connectivity index (χ1v) is 6.74. The number of hydrazine groups is 1. The molecular weight excluding hydrogens is 216 g/mol. The lowest BCUT2D eigenvalue weighted by molar-refractivity contribution is -0.0297. The van der Waals surface area contributed by atoms with E-state index in [1.54, 1.807) is 0 Å². The zero-order chi connectivity index (χ0) is 12.1. The highest BCUT2D eigenvalue weighted by atomic mass is 16.5. The molecule has 0 radical (unpaired) electrons. The van der Waals surface area contributed by atoms with Crippen molar-refractivity contribution in [2.45, 2.75) is 51.2 Å². The van der Waals surface area contributed by atoms with Crippen molar-refractivity contribution in [3.05, 3.63) is 11.8 Å². The summed E-state index contributed by atoms with van der Waals surface area (Å²) in [6.07, 6.45) is 8.28. The second kappa shape index (κ2) is 6.38. The standard InChI is InChI=1S/C13H24N2O2/c1-2-16-11-7-10(8-11)9-12(15-14)13-5-3-4-6-17-13/h5,10-12,15H,2-4,6-9,14H2,1H3. The third-order valence-electron chi connectivity index (χ3n) is 3.67. The number of hydrogen-bond donors (Lipinski definition) is 2. The van der Waals surface area contributed by atoms with Crippen LogP contribution in [0.2, 0.25) is 0 Å². The van der Waals surface area contributed by atoms with Crippen molar-refractivity contribution >= 4 is 0 Å². The third kappa shape index (κ3) is 3.44. The molecule has 0 aromatic carbocycles. The largest absolute Gasteiger partial charge is 0.497 e. The van der Waals surface area contributed by atoms with Gasteiger partial charge >= 0.3 is 0 Å². The van der Waals surface area contributed by atoms with E-state index in [9.17, 15) is 0 Å². The summed E-state index contributed by atoms with van der Waals surface area (Å²) in [5.41, 5.74) is 2.88. The van der Waals surface area contributed by atoms with Crippen molar-refractivity contribution in [2.24, 2.45) is 11.8 Å². The molecule has 1 saturated carbocycles. The summed E-state index contributed by atoms with van der Waals surface area (Å²) in [5.74, 6) is 7.38. The van der Waals surface area contributed by atoms with E-state index in [2.05, 4.69) is 18.4 Å². The zero-order valence-electron chi connectivity index (χ0n) is 10.7. The maximum Gasteiger partial charge on any atom is 0.110 e. The van der Waals surface area contributed by atoms with Gasteiger partial charge in [-0.2, -0.15) is 0 Å². The molecule has 1 unspecified atom stereocenters. The van der Waals surface area contributed by atoms with E-state index >= 15 is 0 Å². The predicted octanol–water partition coefficient (Wildman–Crippen LogP) is 1.72. The lowest BCUT2D eigenvalue weighted by Crippen LogP contribution is -2.42. The Morgan fingerprint density at radius 3 is 3.00 bits per heavy atom. The van der Waals surface area contributed by atoms with Crippen LogP contribution in [0.25, 0.3) is 0 Å². The van der Waals surface area contributed by atoms with E-state index in [1.165, 1.54) is 12.8 Å². The minimum absolute atomic E-state index is 0.183. The number of hydrogen-bond acceptors (Lipinski definition) is 4. The molecule has 1 fully saturated rings. The fraction of sp³-hybridized carbons (Fsp3) is 0.846. The van der Waals surface area contributed by atoms with Crippen LogP contribution >= 0.6 is 0 Å². The normalized spacial score (nSPS) is 30.1. The number of nitrogens with one attached hydrogen (secondary N) is 1. The summed E-state index contributed by atoms with van der Waals surface area (Å²) >= 11 is 0. The van der Waals surface area contributed by atoms with Crippen LogP contribution in [0.5, 0.6) is 0 Å². The first kappa shape index (κ1) is 12.9. The molecule has 3 N–H and O–H groups in total. The van der Waals surface area contributed by atoms with Gasteiger partial charge in [-0.25, -0.2) is 5.43 Å². The molecule has 1 aliphatic heterocycles. The van der Waals surface area contributed by atoms with Gasteiger partial charge in [0.2, 0.25) is 0 Å². The van der Waals surface area contributed by atoms with Crippen LogP contribution in [0, 0.1) is 5.92 Å². The van der Waals surface area contributed by atoms with Crippen LogP contribution in [0.15, 0.2) is 11.8 Å². The molecular formula is C13H24N2O2. The average molecular weight is 240 g/mol. The van der Waals surface area contributed by atoms with Crippen LogP contribution in [-0.4, -0.2) is 25.4 Å². The molecule has 98 valence electrons. The summed E-state index contributed by atoms with van der Waals surface area (Å²) in [5, 5.41) is 0. The van der Waals surface area contributed by atoms with Crippen molar-refractivity contribution in [3.8, 4) is 0 Å².